The van der Waals surface area contributed by atoms with E-state index in [2.05, 4.69) is 4.90 Å². The summed E-state index contributed by atoms with van der Waals surface area (Å²) in [5.41, 5.74) is 2.97. The molecule has 0 fully saturated rings. The van der Waals surface area contributed by atoms with Crippen molar-refractivity contribution < 1.29 is 4.74 Å². The van der Waals surface area contributed by atoms with Crippen molar-refractivity contribution in [1.82, 2.24) is 0 Å². The summed E-state index contributed by atoms with van der Waals surface area (Å²) in [7, 11) is 1.65. The fourth-order valence-electron chi connectivity index (χ4n) is 2.74. The van der Waals surface area contributed by atoms with Crippen molar-refractivity contribution in [3.05, 3.63) is 91.9 Å². The van der Waals surface area contributed by atoms with Crippen LogP contribution >= 0.6 is 46.4 Å². The van der Waals surface area contributed by atoms with Gasteiger partial charge in [-0.15, -0.1) is 0 Å². The summed E-state index contributed by atoms with van der Waals surface area (Å²) in [5, 5.41) is 2.48. The molecule has 0 aromatic heterocycles. The van der Waals surface area contributed by atoms with Gasteiger partial charge in [0.2, 0.25) is 0 Å². The molecular weight excluding hydrogens is 424 g/mol. The van der Waals surface area contributed by atoms with Gasteiger partial charge in [-0.05, 0) is 59.7 Å². The summed E-state index contributed by atoms with van der Waals surface area (Å²) < 4.78 is 5.26. The normalized spacial score (nSPS) is 10.7. The van der Waals surface area contributed by atoms with Gasteiger partial charge in [0.05, 0.1) is 7.11 Å². The first-order valence-electron chi connectivity index (χ1n) is 8.23. The quantitative estimate of drug-likeness (QED) is 0.393. The molecule has 0 N–H and O–H groups in total. The standard InChI is InChI=1S/C21H17Cl4NO/c1-27-19-8-6-18(7-9-19)26(12-14-2-4-16(22)10-20(14)24)13-15-3-5-17(23)11-21(15)25/h2-11H,12-13H2,1H3. The third kappa shape index (κ3) is 5.24. The van der Waals surface area contributed by atoms with Crippen molar-refractivity contribution in [2.75, 3.05) is 12.0 Å². The lowest BCUT2D eigenvalue weighted by Gasteiger charge is -2.26. The van der Waals surface area contributed by atoms with E-state index >= 15 is 0 Å². The molecule has 0 heterocycles. The van der Waals surface area contributed by atoms with E-state index in [-0.39, 0.29) is 0 Å². The zero-order chi connectivity index (χ0) is 19.4. The van der Waals surface area contributed by atoms with Crippen LogP contribution in [0, 0.1) is 0 Å². The molecule has 0 bridgehead atoms. The topological polar surface area (TPSA) is 12.5 Å². The predicted octanol–water partition coefficient (Wildman–Crippen LogP) is 7.52. The average Bonchev–Trinajstić information content (AvgIpc) is 2.65. The molecule has 27 heavy (non-hydrogen) atoms. The van der Waals surface area contributed by atoms with Crippen LogP contribution in [0.15, 0.2) is 60.7 Å². The largest absolute Gasteiger partial charge is 0.497 e. The van der Waals surface area contributed by atoms with Crippen molar-refractivity contribution in [3.63, 3.8) is 0 Å². The molecule has 6 heteroatoms. The molecule has 0 aliphatic rings. The number of methoxy groups -OCH3 is 1. The Labute approximate surface area is 179 Å². The summed E-state index contributed by atoms with van der Waals surface area (Å²) in [6, 6.07) is 18.9. The third-order valence-corrected chi connectivity index (χ3v) is 5.36. The van der Waals surface area contributed by atoms with Gasteiger partial charge in [-0.1, -0.05) is 58.5 Å². The van der Waals surface area contributed by atoms with E-state index in [1.54, 1.807) is 19.2 Å². The van der Waals surface area contributed by atoms with Gasteiger partial charge >= 0.3 is 0 Å². The number of ether oxygens (including phenoxy) is 1. The average molecular weight is 441 g/mol. The molecule has 0 aliphatic carbocycles. The second-order valence-corrected chi connectivity index (χ2v) is 7.71. The Morgan fingerprint density at radius 2 is 1.19 bits per heavy atom. The fraction of sp³-hybridized carbons (Fsp3) is 0.143. The Morgan fingerprint density at radius 3 is 1.59 bits per heavy atom. The van der Waals surface area contributed by atoms with Crippen molar-refractivity contribution in [3.8, 4) is 5.75 Å². The molecule has 0 atom stereocenters. The Balaban J connectivity index is 1.94. The first kappa shape index (κ1) is 20.2. The summed E-state index contributed by atoms with van der Waals surface area (Å²) in [5.74, 6) is 0.799. The van der Waals surface area contributed by atoms with Gasteiger partial charge < -0.3 is 9.64 Å². The molecule has 2 nitrogen and oxygen atoms in total. The van der Waals surface area contributed by atoms with Crippen LogP contribution < -0.4 is 9.64 Å². The lowest BCUT2D eigenvalue weighted by Crippen LogP contribution is -2.22. The highest BCUT2D eigenvalue weighted by Crippen LogP contribution is 2.29. The van der Waals surface area contributed by atoms with E-state index in [0.717, 1.165) is 22.6 Å². The highest BCUT2D eigenvalue weighted by atomic mass is 35.5. The molecule has 0 spiro atoms. The lowest BCUT2D eigenvalue weighted by molar-refractivity contribution is 0.415. The zero-order valence-corrected chi connectivity index (χ0v) is 17.6. The number of anilines is 1. The van der Waals surface area contributed by atoms with Crippen LogP contribution in [0.1, 0.15) is 11.1 Å². The molecule has 0 amide bonds. The fourth-order valence-corrected chi connectivity index (χ4v) is 3.68. The van der Waals surface area contributed by atoms with Gasteiger partial charge in [0, 0.05) is 38.9 Å². The van der Waals surface area contributed by atoms with Gasteiger partial charge in [0.15, 0.2) is 0 Å². The van der Waals surface area contributed by atoms with Crippen molar-refractivity contribution in [1.29, 1.82) is 0 Å². The maximum atomic E-state index is 6.39. The minimum absolute atomic E-state index is 0.598. The SMILES string of the molecule is COc1ccc(N(Cc2ccc(Cl)cc2Cl)Cc2ccc(Cl)cc2Cl)cc1. The van der Waals surface area contributed by atoms with Crippen molar-refractivity contribution >= 4 is 52.1 Å². The number of rotatable bonds is 6. The van der Waals surface area contributed by atoms with Gasteiger partial charge in [0.1, 0.15) is 5.75 Å². The summed E-state index contributed by atoms with van der Waals surface area (Å²) >= 11 is 24.8. The Hall–Kier alpha value is -1.58. The van der Waals surface area contributed by atoms with Gasteiger partial charge in [-0.3, -0.25) is 0 Å². The monoisotopic (exact) mass is 439 g/mol. The lowest BCUT2D eigenvalue weighted by atomic mass is 10.1. The van der Waals surface area contributed by atoms with Gasteiger partial charge in [0.25, 0.3) is 0 Å². The number of hydrogen-bond donors (Lipinski definition) is 0. The van der Waals surface area contributed by atoms with E-state index in [4.69, 9.17) is 51.1 Å². The Bertz CT molecular complexity index is 874. The number of benzene rings is 3. The van der Waals surface area contributed by atoms with Gasteiger partial charge in [-0.2, -0.15) is 0 Å². The molecule has 0 radical (unpaired) electrons. The minimum Gasteiger partial charge on any atom is -0.497 e. The minimum atomic E-state index is 0.598. The Kier molecular flexibility index (Phi) is 6.78. The van der Waals surface area contributed by atoms with Crippen molar-refractivity contribution in [2.45, 2.75) is 13.1 Å². The first-order chi connectivity index (χ1) is 13.0. The van der Waals surface area contributed by atoms with E-state index in [0.29, 0.717) is 33.2 Å². The van der Waals surface area contributed by atoms with Gasteiger partial charge in [-0.25, -0.2) is 0 Å². The molecular formula is C21H17Cl4NO. The molecule has 3 aromatic rings. The van der Waals surface area contributed by atoms with Crippen LogP contribution in [0.2, 0.25) is 20.1 Å². The second kappa shape index (κ2) is 9.07. The summed E-state index contributed by atoms with van der Waals surface area (Å²) in [4.78, 5) is 2.18. The summed E-state index contributed by atoms with van der Waals surface area (Å²) in [6.07, 6.45) is 0. The van der Waals surface area contributed by atoms with E-state index < -0.39 is 0 Å². The van der Waals surface area contributed by atoms with Crippen LogP contribution in [0.25, 0.3) is 0 Å². The van der Waals surface area contributed by atoms with E-state index in [1.165, 1.54) is 0 Å². The van der Waals surface area contributed by atoms with Crippen molar-refractivity contribution in [2.24, 2.45) is 0 Å². The molecule has 3 aromatic carbocycles. The molecule has 140 valence electrons. The van der Waals surface area contributed by atoms with Crippen LogP contribution in [-0.4, -0.2) is 7.11 Å². The van der Waals surface area contributed by atoms with Crippen LogP contribution in [-0.2, 0) is 13.1 Å². The maximum Gasteiger partial charge on any atom is 0.119 e. The number of halogens is 4. The Morgan fingerprint density at radius 1 is 0.704 bits per heavy atom. The van der Waals surface area contributed by atoms with E-state index in [1.807, 2.05) is 48.5 Å². The number of nitrogens with zero attached hydrogens (tertiary/aromatic N) is 1. The smallest absolute Gasteiger partial charge is 0.119 e. The molecule has 0 saturated heterocycles. The highest BCUT2D eigenvalue weighted by molar-refractivity contribution is 6.35. The first-order valence-corrected chi connectivity index (χ1v) is 9.74. The maximum absolute atomic E-state index is 6.39. The predicted molar refractivity (Wildman–Crippen MR) is 116 cm³/mol. The second-order valence-electron chi connectivity index (χ2n) is 6.03. The molecule has 0 unspecified atom stereocenters. The van der Waals surface area contributed by atoms with Crippen LogP contribution in [0.5, 0.6) is 5.75 Å². The molecule has 3 rings (SSSR count). The molecule has 0 saturated carbocycles. The molecule has 0 aliphatic heterocycles. The zero-order valence-electron chi connectivity index (χ0n) is 14.6. The highest BCUT2D eigenvalue weighted by Gasteiger charge is 2.13. The third-order valence-electron chi connectivity index (χ3n) is 4.19. The summed E-state index contributed by atoms with van der Waals surface area (Å²) in [6.45, 7) is 1.20. The van der Waals surface area contributed by atoms with E-state index in [9.17, 15) is 0 Å². The van der Waals surface area contributed by atoms with Crippen LogP contribution in [0.4, 0.5) is 5.69 Å². The van der Waals surface area contributed by atoms with Crippen LogP contribution in [0.3, 0.4) is 0 Å². The number of hydrogen-bond acceptors (Lipinski definition) is 2.